The summed E-state index contributed by atoms with van der Waals surface area (Å²) in [5.74, 6) is 0. The summed E-state index contributed by atoms with van der Waals surface area (Å²) in [6.45, 7) is 16.4. The minimum atomic E-state index is -0.218. The van der Waals surface area contributed by atoms with Gasteiger partial charge in [-0.2, -0.15) is 0 Å². The van der Waals surface area contributed by atoms with E-state index in [0.29, 0.717) is 0 Å². The average molecular weight is 852 g/mol. The van der Waals surface area contributed by atoms with Crippen molar-refractivity contribution >= 4 is 39.0 Å². The molecule has 320 valence electrons. The van der Waals surface area contributed by atoms with Crippen molar-refractivity contribution in [3.8, 4) is 55.6 Å². The topological polar surface area (TPSA) is 16.4 Å². The van der Waals surface area contributed by atoms with Crippen molar-refractivity contribution in [1.82, 2.24) is 0 Å². The van der Waals surface area contributed by atoms with Gasteiger partial charge in [-0.05, 0) is 132 Å². The highest BCUT2D eigenvalue weighted by atomic mass is 16.3. The van der Waals surface area contributed by atoms with Gasteiger partial charge >= 0.3 is 0 Å². The van der Waals surface area contributed by atoms with E-state index in [-0.39, 0.29) is 16.2 Å². The molecule has 0 atom stereocenters. The van der Waals surface area contributed by atoms with E-state index in [0.717, 1.165) is 38.9 Å². The third-order valence-electron chi connectivity index (χ3n) is 14.9. The summed E-state index contributed by atoms with van der Waals surface area (Å²) in [5.41, 5.74) is 24.3. The lowest BCUT2D eigenvalue weighted by atomic mass is 9.81. The number of benzene rings is 9. The number of fused-ring (bicyclic) bond motifs is 9. The predicted octanol–water partition coefficient (Wildman–Crippen LogP) is 18.0. The molecule has 10 aromatic rings. The summed E-state index contributed by atoms with van der Waals surface area (Å²) in [5, 5.41) is 2.28. The van der Waals surface area contributed by atoms with Gasteiger partial charge < -0.3 is 9.32 Å². The van der Waals surface area contributed by atoms with Gasteiger partial charge in [-0.15, -0.1) is 0 Å². The lowest BCUT2D eigenvalue weighted by Gasteiger charge is -2.33. The van der Waals surface area contributed by atoms with Crippen LogP contribution < -0.4 is 4.90 Å². The summed E-state index contributed by atoms with van der Waals surface area (Å²) in [6.07, 6.45) is 0. The number of hydrogen-bond acceptors (Lipinski definition) is 2. The van der Waals surface area contributed by atoms with Gasteiger partial charge in [0.2, 0.25) is 0 Å². The van der Waals surface area contributed by atoms with Gasteiger partial charge in [0.05, 0.1) is 11.4 Å². The summed E-state index contributed by atoms with van der Waals surface area (Å²) in [7, 11) is 0. The zero-order chi connectivity index (χ0) is 45.1. The number of nitrogens with zero attached hydrogens (tertiary/aromatic N) is 1. The van der Waals surface area contributed by atoms with E-state index in [2.05, 4.69) is 241 Å². The fraction of sp³-hybridized carbons (Fsp3) is 0.156. The summed E-state index contributed by atoms with van der Waals surface area (Å²) in [6, 6.07) is 72.2. The Morgan fingerprint density at radius 3 is 1.79 bits per heavy atom. The molecule has 0 fully saturated rings. The van der Waals surface area contributed by atoms with Gasteiger partial charge in [0.15, 0.2) is 0 Å². The highest BCUT2D eigenvalue weighted by Crippen LogP contribution is 2.56. The summed E-state index contributed by atoms with van der Waals surface area (Å²) in [4.78, 5) is 2.52. The molecule has 0 amide bonds. The first-order valence-electron chi connectivity index (χ1n) is 23.4. The Labute approximate surface area is 388 Å². The SMILES string of the molecule is CC(C)(C)c1ccc(-c2ccc3c(c2)C(C)(C)c2ccc(-c4ccccc4N(c4ccc(-c5cccc6oc7ccccc7c56)cc4)c4cccc5c4C(C)(C)c4ccccc4-5)cc2-3)cc1. The molecule has 1 aromatic heterocycles. The number of anilines is 3. The lowest BCUT2D eigenvalue weighted by Crippen LogP contribution is -2.21. The minimum absolute atomic E-state index is 0.119. The van der Waals surface area contributed by atoms with Crippen molar-refractivity contribution in [2.24, 2.45) is 0 Å². The highest BCUT2D eigenvalue weighted by Gasteiger charge is 2.40. The molecule has 0 aliphatic heterocycles. The second-order valence-corrected chi connectivity index (χ2v) is 20.5. The second kappa shape index (κ2) is 14.5. The molecule has 9 aromatic carbocycles. The molecule has 0 saturated heterocycles. The Kier molecular flexibility index (Phi) is 8.84. The minimum Gasteiger partial charge on any atom is -0.456 e. The third-order valence-corrected chi connectivity index (χ3v) is 14.9. The number of hydrogen-bond donors (Lipinski definition) is 0. The molecule has 1 heterocycles. The van der Waals surface area contributed by atoms with Crippen LogP contribution in [-0.2, 0) is 16.2 Å². The maximum absolute atomic E-state index is 6.32. The first kappa shape index (κ1) is 40.1. The fourth-order valence-electron chi connectivity index (χ4n) is 11.4. The molecular formula is C64H53NO. The standard InChI is InChI=1S/C64H53NO/c1-62(2,3)44-32-26-40(27-33-44)42-30-36-49-52-38-43(31-37-54(52)63(4,5)55(49)39-42)46-16-9-12-22-56(46)65(57-23-14-20-50-48-17-8-11-21-53(48)64(6,7)61(50)57)45-34-28-41(29-35-45)47-19-15-25-59-60(47)51-18-10-13-24-58(51)66-59/h8-39H,1-7H3. The Morgan fingerprint density at radius 1 is 0.394 bits per heavy atom. The third kappa shape index (κ3) is 6.08. The van der Waals surface area contributed by atoms with E-state index >= 15 is 0 Å². The molecular weight excluding hydrogens is 799 g/mol. The van der Waals surface area contributed by atoms with Crippen molar-refractivity contribution in [3.63, 3.8) is 0 Å². The first-order valence-corrected chi connectivity index (χ1v) is 23.4. The Morgan fingerprint density at radius 2 is 0.985 bits per heavy atom. The van der Waals surface area contributed by atoms with Crippen molar-refractivity contribution in [2.45, 2.75) is 64.7 Å². The van der Waals surface area contributed by atoms with E-state index in [4.69, 9.17) is 4.42 Å². The molecule has 0 spiro atoms. The molecule has 0 bridgehead atoms. The van der Waals surface area contributed by atoms with E-state index in [1.165, 1.54) is 83.6 Å². The van der Waals surface area contributed by atoms with Crippen LogP contribution in [0, 0.1) is 0 Å². The second-order valence-electron chi connectivity index (χ2n) is 20.5. The fourth-order valence-corrected chi connectivity index (χ4v) is 11.4. The molecule has 0 N–H and O–H groups in total. The molecule has 0 saturated carbocycles. The zero-order valence-electron chi connectivity index (χ0n) is 38.8. The molecule has 2 aliphatic rings. The zero-order valence-corrected chi connectivity index (χ0v) is 38.8. The largest absolute Gasteiger partial charge is 0.456 e. The van der Waals surface area contributed by atoms with Crippen LogP contribution in [-0.4, -0.2) is 0 Å². The van der Waals surface area contributed by atoms with Crippen molar-refractivity contribution < 1.29 is 4.42 Å². The molecule has 66 heavy (non-hydrogen) atoms. The first-order chi connectivity index (χ1) is 31.9. The summed E-state index contributed by atoms with van der Waals surface area (Å²) >= 11 is 0. The van der Waals surface area contributed by atoms with Crippen molar-refractivity contribution in [2.75, 3.05) is 4.90 Å². The van der Waals surface area contributed by atoms with Crippen LogP contribution in [0.15, 0.2) is 199 Å². The molecule has 2 aliphatic carbocycles. The number of para-hydroxylation sites is 2. The van der Waals surface area contributed by atoms with Crippen LogP contribution in [0.1, 0.15) is 76.3 Å². The van der Waals surface area contributed by atoms with E-state index in [1.54, 1.807) is 0 Å². The predicted molar refractivity (Wildman–Crippen MR) is 279 cm³/mol. The average Bonchev–Trinajstić information content (AvgIpc) is 3.91. The van der Waals surface area contributed by atoms with Gasteiger partial charge in [0, 0.05) is 32.9 Å². The highest BCUT2D eigenvalue weighted by molar-refractivity contribution is 6.12. The van der Waals surface area contributed by atoms with Crippen LogP contribution in [0.2, 0.25) is 0 Å². The Hall–Kier alpha value is -7.42. The van der Waals surface area contributed by atoms with Crippen LogP contribution in [0.4, 0.5) is 17.1 Å². The van der Waals surface area contributed by atoms with Crippen LogP contribution in [0.5, 0.6) is 0 Å². The van der Waals surface area contributed by atoms with E-state index in [1.807, 2.05) is 6.07 Å². The molecule has 0 radical (unpaired) electrons. The Balaban J connectivity index is 1.01. The normalized spacial score (nSPS) is 14.2. The Bertz CT molecular complexity index is 3560. The molecule has 2 nitrogen and oxygen atoms in total. The van der Waals surface area contributed by atoms with Gasteiger partial charge in [-0.1, -0.05) is 194 Å². The van der Waals surface area contributed by atoms with Crippen molar-refractivity contribution in [3.05, 3.63) is 222 Å². The van der Waals surface area contributed by atoms with Crippen LogP contribution >= 0.6 is 0 Å². The quantitative estimate of drug-likeness (QED) is 0.166. The van der Waals surface area contributed by atoms with E-state index in [9.17, 15) is 0 Å². The van der Waals surface area contributed by atoms with Crippen LogP contribution in [0.25, 0.3) is 77.6 Å². The van der Waals surface area contributed by atoms with Crippen molar-refractivity contribution in [1.29, 1.82) is 0 Å². The maximum Gasteiger partial charge on any atom is 0.136 e. The van der Waals surface area contributed by atoms with Crippen LogP contribution in [0.3, 0.4) is 0 Å². The van der Waals surface area contributed by atoms with Gasteiger partial charge in [0.25, 0.3) is 0 Å². The number of rotatable bonds is 6. The van der Waals surface area contributed by atoms with Gasteiger partial charge in [0.1, 0.15) is 11.2 Å². The maximum atomic E-state index is 6.32. The monoisotopic (exact) mass is 851 g/mol. The molecule has 12 rings (SSSR count). The lowest BCUT2D eigenvalue weighted by molar-refractivity contribution is 0.590. The smallest absolute Gasteiger partial charge is 0.136 e. The van der Waals surface area contributed by atoms with E-state index < -0.39 is 0 Å². The van der Waals surface area contributed by atoms with Gasteiger partial charge in [-0.3, -0.25) is 0 Å². The molecule has 2 heteroatoms. The summed E-state index contributed by atoms with van der Waals surface area (Å²) < 4.78 is 6.32. The number of furan rings is 1. The molecule has 0 unspecified atom stereocenters. The van der Waals surface area contributed by atoms with Gasteiger partial charge in [-0.25, -0.2) is 0 Å².